The zero-order valence-electron chi connectivity index (χ0n) is 14.1. The number of hydrogen-bond acceptors (Lipinski definition) is 4. The fourth-order valence-electron chi connectivity index (χ4n) is 2.32. The van der Waals surface area contributed by atoms with E-state index in [0.717, 1.165) is 15.8 Å². The zero-order valence-corrected chi connectivity index (χ0v) is 15.7. The number of halogens is 1. The van der Waals surface area contributed by atoms with Crippen LogP contribution in [0.4, 0.5) is 11.4 Å². The Morgan fingerprint density at radius 3 is 2.19 bits per heavy atom. The Kier molecular flexibility index (Phi) is 5.83. The summed E-state index contributed by atoms with van der Waals surface area (Å²) in [6.07, 6.45) is 0. The lowest BCUT2D eigenvalue weighted by atomic mass is 10.1. The second-order valence-corrected chi connectivity index (χ2v) is 6.61. The Bertz CT molecular complexity index is 939. The number of amides is 1. The van der Waals surface area contributed by atoms with Gasteiger partial charge in [0, 0.05) is 27.9 Å². The Balaban J connectivity index is 1.58. The van der Waals surface area contributed by atoms with Gasteiger partial charge in [-0.3, -0.25) is 14.9 Å². The third-order valence-electron chi connectivity index (χ3n) is 3.77. The normalized spacial score (nSPS) is 10.3. The molecule has 0 bridgehead atoms. The first-order valence-corrected chi connectivity index (χ1v) is 8.84. The summed E-state index contributed by atoms with van der Waals surface area (Å²) < 4.78 is 6.68. The Labute approximate surface area is 164 Å². The van der Waals surface area contributed by atoms with Gasteiger partial charge in [0.05, 0.1) is 4.92 Å². The maximum atomic E-state index is 12.3. The number of nitrogens with zero attached hydrogens (tertiary/aromatic N) is 1. The van der Waals surface area contributed by atoms with Crippen LogP contribution < -0.4 is 10.1 Å². The van der Waals surface area contributed by atoms with Crippen molar-refractivity contribution in [3.05, 3.63) is 98.5 Å². The minimum atomic E-state index is -0.485. The lowest BCUT2D eigenvalue weighted by Gasteiger charge is -2.08. The van der Waals surface area contributed by atoms with Crippen molar-refractivity contribution in [3.63, 3.8) is 0 Å². The summed E-state index contributed by atoms with van der Waals surface area (Å²) in [6, 6.07) is 20.3. The number of non-ortho nitro benzene ring substituents is 1. The predicted molar refractivity (Wildman–Crippen MR) is 106 cm³/mol. The van der Waals surface area contributed by atoms with Crippen molar-refractivity contribution >= 4 is 33.2 Å². The maximum Gasteiger partial charge on any atom is 0.269 e. The highest BCUT2D eigenvalue weighted by Crippen LogP contribution is 2.18. The number of hydrogen-bond donors (Lipinski definition) is 1. The smallest absolute Gasteiger partial charge is 0.269 e. The summed E-state index contributed by atoms with van der Waals surface area (Å²) in [4.78, 5) is 22.4. The van der Waals surface area contributed by atoms with Crippen LogP contribution in [0.3, 0.4) is 0 Å². The lowest BCUT2D eigenvalue weighted by molar-refractivity contribution is -0.384. The van der Waals surface area contributed by atoms with Gasteiger partial charge in [-0.2, -0.15) is 0 Å². The SMILES string of the molecule is O=C(Nc1ccc([N+](=O)[O-])cc1)c1ccc(COc2ccc(Br)cc2)cc1. The molecule has 0 radical (unpaired) electrons. The number of nitro groups is 1. The monoisotopic (exact) mass is 426 g/mol. The van der Waals surface area contributed by atoms with Gasteiger partial charge in [0.25, 0.3) is 11.6 Å². The van der Waals surface area contributed by atoms with E-state index in [1.165, 1.54) is 24.3 Å². The molecule has 1 amide bonds. The van der Waals surface area contributed by atoms with Crippen molar-refractivity contribution in [2.24, 2.45) is 0 Å². The molecule has 1 N–H and O–H groups in total. The van der Waals surface area contributed by atoms with Crippen LogP contribution in [0.1, 0.15) is 15.9 Å². The zero-order chi connectivity index (χ0) is 19.2. The summed E-state index contributed by atoms with van der Waals surface area (Å²) in [7, 11) is 0. The molecule has 6 nitrogen and oxygen atoms in total. The number of benzene rings is 3. The van der Waals surface area contributed by atoms with Crippen LogP contribution in [0.25, 0.3) is 0 Å². The summed E-state index contributed by atoms with van der Waals surface area (Å²) in [5.74, 6) is 0.474. The molecule has 0 unspecified atom stereocenters. The van der Waals surface area contributed by atoms with E-state index in [0.29, 0.717) is 17.9 Å². The summed E-state index contributed by atoms with van der Waals surface area (Å²) >= 11 is 3.37. The molecule has 0 atom stereocenters. The first-order valence-electron chi connectivity index (χ1n) is 8.04. The molecule has 0 fully saturated rings. The van der Waals surface area contributed by atoms with E-state index in [-0.39, 0.29) is 11.6 Å². The van der Waals surface area contributed by atoms with Crippen LogP contribution in [-0.2, 0) is 6.61 Å². The van der Waals surface area contributed by atoms with Crippen LogP contribution in [0.2, 0.25) is 0 Å². The average molecular weight is 427 g/mol. The molecule has 27 heavy (non-hydrogen) atoms. The first-order chi connectivity index (χ1) is 13.0. The van der Waals surface area contributed by atoms with Crippen molar-refractivity contribution < 1.29 is 14.5 Å². The van der Waals surface area contributed by atoms with Crippen molar-refractivity contribution in [1.82, 2.24) is 0 Å². The molecule has 7 heteroatoms. The molecule has 0 saturated heterocycles. The Morgan fingerprint density at radius 1 is 0.963 bits per heavy atom. The van der Waals surface area contributed by atoms with Crippen molar-refractivity contribution in [3.8, 4) is 5.75 Å². The molecule has 136 valence electrons. The van der Waals surface area contributed by atoms with Crippen LogP contribution in [0, 0.1) is 10.1 Å². The van der Waals surface area contributed by atoms with Crippen LogP contribution in [0.15, 0.2) is 77.3 Å². The molecule has 0 spiro atoms. The Hall–Kier alpha value is -3.19. The van der Waals surface area contributed by atoms with E-state index in [9.17, 15) is 14.9 Å². The molecule has 0 aromatic heterocycles. The quantitative estimate of drug-likeness (QED) is 0.434. The minimum absolute atomic E-state index is 0.0249. The van der Waals surface area contributed by atoms with E-state index in [4.69, 9.17) is 4.74 Å². The summed E-state index contributed by atoms with van der Waals surface area (Å²) in [5, 5.41) is 13.4. The van der Waals surface area contributed by atoms with Crippen molar-refractivity contribution in [1.29, 1.82) is 0 Å². The van der Waals surface area contributed by atoms with Gasteiger partial charge < -0.3 is 10.1 Å². The highest BCUT2D eigenvalue weighted by Gasteiger charge is 2.08. The first kappa shape index (κ1) is 18.6. The van der Waals surface area contributed by atoms with Gasteiger partial charge in [0.1, 0.15) is 12.4 Å². The largest absolute Gasteiger partial charge is 0.489 e. The molecule has 3 rings (SSSR count). The van der Waals surface area contributed by atoms with Crippen LogP contribution in [-0.4, -0.2) is 10.8 Å². The molecule has 0 heterocycles. The minimum Gasteiger partial charge on any atom is -0.489 e. The van der Waals surface area contributed by atoms with Gasteiger partial charge in [0.15, 0.2) is 0 Å². The van der Waals surface area contributed by atoms with Gasteiger partial charge in [-0.1, -0.05) is 28.1 Å². The predicted octanol–water partition coefficient (Wildman–Crippen LogP) is 5.19. The number of anilines is 1. The Morgan fingerprint density at radius 2 is 1.59 bits per heavy atom. The molecule has 3 aromatic rings. The number of carbonyl (C=O) groups is 1. The van der Waals surface area contributed by atoms with E-state index in [2.05, 4.69) is 21.2 Å². The molecule has 0 aliphatic heterocycles. The van der Waals surface area contributed by atoms with E-state index in [1.807, 2.05) is 36.4 Å². The van der Waals surface area contributed by atoms with Crippen molar-refractivity contribution in [2.75, 3.05) is 5.32 Å². The van der Waals surface area contributed by atoms with Crippen LogP contribution in [0.5, 0.6) is 5.75 Å². The molecule has 3 aromatic carbocycles. The van der Waals surface area contributed by atoms with Crippen LogP contribution >= 0.6 is 15.9 Å². The summed E-state index contributed by atoms with van der Waals surface area (Å²) in [6.45, 7) is 0.395. The number of rotatable bonds is 6. The molecular weight excluding hydrogens is 412 g/mol. The number of nitro benzene ring substituents is 1. The third-order valence-corrected chi connectivity index (χ3v) is 4.30. The number of carbonyl (C=O) groups excluding carboxylic acids is 1. The van der Waals surface area contributed by atoms with E-state index in [1.54, 1.807) is 12.1 Å². The number of nitrogens with one attached hydrogen (secondary N) is 1. The average Bonchev–Trinajstić information content (AvgIpc) is 2.68. The maximum absolute atomic E-state index is 12.3. The lowest BCUT2D eigenvalue weighted by Crippen LogP contribution is -2.11. The fraction of sp³-hybridized carbons (Fsp3) is 0.0500. The van der Waals surface area contributed by atoms with Gasteiger partial charge >= 0.3 is 0 Å². The molecule has 0 aliphatic carbocycles. The second kappa shape index (κ2) is 8.46. The van der Waals surface area contributed by atoms with Gasteiger partial charge in [-0.05, 0) is 54.1 Å². The highest BCUT2D eigenvalue weighted by atomic mass is 79.9. The van der Waals surface area contributed by atoms with Gasteiger partial charge in [0.2, 0.25) is 0 Å². The van der Waals surface area contributed by atoms with E-state index >= 15 is 0 Å². The topological polar surface area (TPSA) is 81.5 Å². The standard InChI is InChI=1S/C20H15BrN2O4/c21-16-5-11-19(12-6-16)27-13-14-1-3-15(4-2-14)20(24)22-17-7-9-18(10-8-17)23(25)26/h1-12H,13H2,(H,22,24). The molecule has 0 aliphatic rings. The highest BCUT2D eigenvalue weighted by molar-refractivity contribution is 9.10. The molecular formula is C20H15BrN2O4. The second-order valence-electron chi connectivity index (χ2n) is 5.70. The van der Waals surface area contributed by atoms with Crippen molar-refractivity contribution in [2.45, 2.75) is 6.61 Å². The van der Waals surface area contributed by atoms with Gasteiger partial charge in [-0.15, -0.1) is 0 Å². The third kappa shape index (κ3) is 5.15. The van der Waals surface area contributed by atoms with Gasteiger partial charge in [-0.25, -0.2) is 0 Å². The molecule has 0 saturated carbocycles. The fourth-order valence-corrected chi connectivity index (χ4v) is 2.58. The summed E-state index contributed by atoms with van der Waals surface area (Å²) in [5.41, 5.74) is 1.89. The van der Waals surface area contributed by atoms with E-state index < -0.39 is 4.92 Å². The number of ether oxygens (including phenoxy) is 1.